The molecule has 0 saturated heterocycles. The first-order valence-electron chi connectivity index (χ1n) is 7.30. The van der Waals surface area contributed by atoms with Crippen molar-refractivity contribution in [2.45, 2.75) is 19.4 Å². The van der Waals surface area contributed by atoms with Crippen LogP contribution in [0.2, 0.25) is 0 Å². The molecular weight excluding hydrogens is 316 g/mol. The van der Waals surface area contributed by atoms with Crippen molar-refractivity contribution in [2.24, 2.45) is 5.73 Å². The lowest BCUT2D eigenvalue weighted by molar-refractivity contribution is 0.0793. The Balaban J connectivity index is 0.00000264. The molecule has 6 heteroatoms. The second kappa shape index (κ2) is 9.22. The number of carbonyl (C=O) groups is 1. The molecule has 5 nitrogen and oxygen atoms in total. The minimum absolute atomic E-state index is 0. The number of aryl methyl sites for hydroxylation is 1. The second-order valence-electron chi connectivity index (χ2n) is 5.18. The lowest BCUT2D eigenvalue weighted by Gasteiger charge is -2.16. The molecule has 1 heterocycles. The van der Waals surface area contributed by atoms with E-state index in [9.17, 15) is 4.79 Å². The summed E-state index contributed by atoms with van der Waals surface area (Å²) in [6.45, 7) is 0.989. The minimum Gasteiger partial charge on any atom is -0.497 e. The molecule has 0 aliphatic carbocycles. The molecule has 1 aromatic heterocycles. The number of carbonyl (C=O) groups excluding carboxylic acids is 1. The van der Waals surface area contributed by atoms with Crippen molar-refractivity contribution >= 4 is 18.3 Å². The van der Waals surface area contributed by atoms with Crippen LogP contribution in [-0.2, 0) is 13.0 Å². The molecule has 0 atom stereocenters. The minimum atomic E-state index is -0.0434. The number of furan rings is 1. The molecule has 2 N–H and O–H groups in total. The van der Waals surface area contributed by atoms with E-state index in [-0.39, 0.29) is 18.3 Å². The van der Waals surface area contributed by atoms with Gasteiger partial charge in [0.25, 0.3) is 5.91 Å². The second-order valence-corrected chi connectivity index (χ2v) is 5.18. The third-order valence-electron chi connectivity index (χ3n) is 3.57. The quantitative estimate of drug-likeness (QED) is 0.842. The monoisotopic (exact) mass is 338 g/mol. The van der Waals surface area contributed by atoms with Gasteiger partial charge in [-0.25, -0.2) is 0 Å². The van der Waals surface area contributed by atoms with Crippen LogP contribution in [0.4, 0.5) is 0 Å². The number of methoxy groups -OCH3 is 1. The fourth-order valence-electron chi connectivity index (χ4n) is 2.23. The van der Waals surface area contributed by atoms with Gasteiger partial charge in [-0.05, 0) is 36.6 Å². The Morgan fingerprint density at radius 3 is 2.57 bits per heavy atom. The molecule has 23 heavy (non-hydrogen) atoms. The maximum Gasteiger partial charge on any atom is 0.256 e. The molecule has 0 aliphatic rings. The van der Waals surface area contributed by atoms with E-state index in [0.717, 1.165) is 18.6 Å². The highest BCUT2D eigenvalue weighted by atomic mass is 35.5. The predicted molar refractivity (Wildman–Crippen MR) is 92.1 cm³/mol. The molecule has 126 valence electrons. The Labute approximate surface area is 142 Å². The summed E-state index contributed by atoms with van der Waals surface area (Å²) >= 11 is 0. The summed E-state index contributed by atoms with van der Waals surface area (Å²) in [5.74, 6) is 1.43. The van der Waals surface area contributed by atoms with Crippen LogP contribution in [0.15, 0.2) is 41.0 Å². The molecule has 2 rings (SSSR count). The Hall–Kier alpha value is -1.98. The average molecular weight is 339 g/mol. The number of hydrogen-bond acceptors (Lipinski definition) is 4. The standard InChI is InChI=1S/C17H22N2O3.ClH/c1-19(17(20)14-10-16(11-18)22-12-14)9-3-4-13-5-7-15(21-2)8-6-13;/h5-8,10,12H,3-4,9,11,18H2,1-2H3;1H. The third-order valence-corrected chi connectivity index (χ3v) is 3.57. The first-order chi connectivity index (χ1) is 10.6. The first kappa shape index (κ1) is 19.1. The molecule has 0 fully saturated rings. The van der Waals surface area contributed by atoms with E-state index in [1.807, 2.05) is 24.3 Å². The van der Waals surface area contributed by atoms with Gasteiger partial charge in [0.1, 0.15) is 17.8 Å². The van der Waals surface area contributed by atoms with Crippen molar-refractivity contribution in [3.63, 3.8) is 0 Å². The molecule has 0 bridgehead atoms. The molecule has 2 aromatic rings. The van der Waals surface area contributed by atoms with Gasteiger partial charge in [0, 0.05) is 13.6 Å². The lowest BCUT2D eigenvalue weighted by atomic mass is 10.1. The van der Waals surface area contributed by atoms with Crippen LogP contribution in [0.25, 0.3) is 0 Å². The van der Waals surface area contributed by atoms with Gasteiger partial charge < -0.3 is 19.8 Å². The Kier molecular flexibility index (Phi) is 7.65. The van der Waals surface area contributed by atoms with E-state index in [2.05, 4.69) is 0 Å². The summed E-state index contributed by atoms with van der Waals surface area (Å²) in [7, 11) is 3.45. The van der Waals surface area contributed by atoms with Crippen LogP contribution in [0.1, 0.15) is 28.1 Å². The van der Waals surface area contributed by atoms with Crippen LogP contribution < -0.4 is 10.5 Å². The topological polar surface area (TPSA) is 68.7 Å². The molecule has 0 aliphatic heterocycles. The van der Waals surface area contributed by atoms with Gasteiger partial charge in [0.2, 0.25) is 0 Å². The molecule has 0 spiro atoms. The number of nitrogens with zero attached hydrogens (tertiary/aromatic N) is 1. The highest BCUT2D eigenvalue weighted by Gasteiger charge is 2.14. The van der Waals surface area contributed by atoms with Gasteiger partial charge in [-0.1, -0.05) is 12.1 Å². The number of rotatable bonds is 7. The Bertz CT molecular complexity index is 611. The first-order valence-corrected chi connectivity index (χ1v) is 7.30. The smallest absolute Gasteiger partial charge is 0.256 e. The van der Waals surface area contributed by atoms with E-state index >= 15 is 0 Å². The number of benzene rings is 1. The maximum atomic E-state index is 12.2. The number of halogens is 1. The number of ether oxygens (including phenoxy) is 1. The highest BCUT2D eigenvalue weighted by Crippen LogP contribution is 2.13. The zero-order chi connectivity index (χ0) is 15.9. The maximum absolute atomic E-state index is 12.2. The van der Waals surface area contributed by atoms with E-state index < -0.39 is 0 Å². The molecular formula is C17H23ClN2O3. The summed E-state index contributed by atoms with van der Waals surface area (Å²) in [4.78, 5) is 13.9. The van der Waals surface area contributed by atoms with Crippen LogP contribution >= 0.6 is 12.4 Å². The van der Waals surface area contributed by atoms with Crippen LogP contribution in [-0.4, -0.2) is 31.5 Å². The van der Waals surface area contributed by atoms with Crippen molar-refractivity contribution in [1.82, 2.24) is 4.90 Å². The Morgan fingerprint density at radius 1 is 1.30 bits per heavy atom. The number of amides is 1. The van der Waals surface area contributed by atoms with Crippen LogP contribution in [0, 0.1) is 0 Å². The van der Waals surface area contributed by atoms with Crippen molar-refractivity contribution < 1.29 is 13.9 Å². The number of hydrogen-bond donors (Lipinski definition) is 1. The van der Waals surface area contributed by atoms with Gasteiger partial charge in [-0.3, -0.25) is 4.79 Å². The molecule has 1 aromatic carbocycles. The van der Waals surface area contributed by atoms with Gasteiger partial charge in [-0.15, -0.1) is 12.4 Å². The molecule has 1 amide bonds. The predicted octanol–water partition coefficient (Wildman–Crippen LogP) is 2.87. The fourth-order valence-corrected chi connectivity index (χ4v) is 2.23. The van der Waals surface area contributed by atoms with E-state index in [1.165, 1.54) is 11.8 Å². The summed E-state index contributed by atoms with van der Waals surface area (Å²) in [5, 5.41) is 0. The van der Waals surface area contributed by atoms with E-state index in [0.29, 0.717) is 24.4 Å². The summed E-state index contributed by atoms with van der Waals surface area (Å²) in [6.07, 6.45) is 3.28. The zero-order valence-corrected chi connectivity index (χ0v) is 14.3. The SMILES string of the molecule is COc1ccc(CCCN(C)C(=O)c2coc(CN)c2)cc1.Cl. The van der Waals surface area contributed by atoms with E-state index in [1.54, 1.807) is 25.1 Å². The van der Waals surface area contributed by atoms with Gasteiger partial charge >= 0.3 is 0 Å². The molecule has 0 saturated carbocycles. The normalized spacial score (nSPS) is 10.0. The summed E-state index contributed by atoms with van der Waals surface area (Å²) < 4.78 is 10.3. The van der Waals surface area contributed by atoms with Crippen molar-refractivity contribution in [1.29, 1.82) is 0 Å². The van der Waals surface area contributed by atoms with E-state index in [4.69, 9.17) is 14.9 Å². The van der Waals surface area contributed by atoms with Crippen molar-refractivity contribution in [3.8, 4) is 5.75 Å². The summed E-state index contributed by atoms with van der Waals surface area (Å²) in [6, 6.07) is 9.69. The fraction of sp³-hybridized carbons (Fsp3) is 0.353. The third kappa shape index (κ3) is 5.30. The molecule has 0 radical (unpaired) electrons. The highest BCUT2D eigenvalue weighted by molar-refractivity contribution is 5.93. The van der Waals surface area contributed by atoms with Gasteiger partial charge in [0.15, 0.2) is 0 Å². The Morgan fingerprint density at radius 2 is 2.00 bits per heavy atom. The van der Waals surface area contributed by atoms with Gasteiger partial charge in [0.05, 0.1) is 19.2 Å². The van der Waals surface area contributed by atoms with Crippen molar-refractivity contribution in [2.75, 3.05) is 20.7 Å². The van der Waals surface area contributed by atoms with Crippen LogP contribution in [0.3, 0.4) is 0 Å². The average Bonchev–Trinajstić information content (AvgIpc) is 3.03. The summed E-state index contributed by atoms with van der Waals surface area (Å²) in [5.41, 5.74) is 7.26. The van der Waals surface area contributed by atoms with Crippen LogP contribution in [0.5, 0.6) is 5.75 Å². The van der Waals surface area contributed by atoms with Crippen molar-refractivity contribution in [3.05, 3.63) is 53.5 Å². The van der Waals surface area contributed by atoms with Gasteiger partial charge in [-0.2, -0.15) is 0 Å². The zero-order valence-electron chi connectivity index (χ0n) is 13.5. The molecule has 0 unspecified atom stereocenters. The largest absolute Gasteiger partial charge is 0.497 e. The number of nitrogens with two attached hydrogens (primary N) is 1. The lowest BCUT2D eigenvalue weighted by Crippen LogP contribution is -2.27.